The number of rotatable bonds is 9. The van der Waals surface area contributed by atoms with E-state index in [-0.39, 0.29) is 0 Å². The molecule has 0 nitrogen and oxygen atoms in total. The first-order valence-electron chi connectivity index (χ1n) is 49.6. The summed E-state index contributed by atoms with van der Waals surface area (Å²) in [5.41, 5.74) is 49.6. The van der Waals surface area contributed by atoms with Gasteiger partial charge in [0.25, 0.3) is 0 Å². The highest BCUT2D eigenvalue weighted by Gasteiger charge is 2.65. The van der Waals surface area contributed by atoms with E-state index in [4.69, 9.17) is 0 Å². The number of hydrogen-bond acceptors (Lipinski definition) is 0. The molecule has 0 amide bonds. The molecule has 0 fully saturated rings. The van der Waals surface area contributed by atoms with Gasteiger partial charge in [-0.25, -0.2) is 0 Å². The molecule has 0 radical (unpaired) electrons. The molecule has 0 saturated heterocycles. The first-order chi connectivity index (χ1) is 70.1. The summed E-state index contributed by atoms with van der Waals surface area (Å²) in [6.45, 7) is 0. The summed E-state index contributed by atoms with van der Waals surface area (Å²) in [4.78, 5) is 0. The van der Waals surface area contributed by atoms with E-state index in [1.165, 1.54) is 298 Å². The maximum absolute atomic E-state index is 2.73. The highest BCUT2D eigenvalue weighted by molar-refractivity contribution is 6.27. The molecule has 648 valence electrons. The van der Waals surface area contributed by atoms with Crippen LogP contribution in [0.25, 0.3) is 232 Å². The van der Waals surface area contributed by atoms with Gasteiger partial charge in [0.15, 0.2) is 0 Å². The maximum atomic E-state index is 2.73. The Hall–Kier alpha value is -17.9. The number of benzene rings is 25. The second-order valence-electron chi connectivity index (χ2n) is 39.3. The Morgan fingerprint density at radius 1 is 0.0922 bits per heavy atom. The van der Waals surface area contributed by atoms with E-state index in [0.717, 1.165) is 0 Å². The van der Waals surface area contributed by atoms with E-state index in [9.17, 15) is 0 Å². The molecule has 3 spiro atoms. The van der Waals surface area contributed by atoms with Crippen LogP contribution in [0, 0.1) is 0 Å². The van der Waals surface area contributed by atoms with Crippen molar-refractivity contribution >= 4 is 64.6 Å². The van der Waals surface area contributed by atoms with E-state index in [1.807, 2.05) is 0 Å². The Balaban J connectivity index is 0.768. The van der Waals surface area contributed by atoms with Crippen LogP contribution in [0.15, 0.2) is 510 Å². The molecule has 31 rings (SSSR count). The van der Waals surface area contributed by atoms with Crippen LogP contribution in [0.4, 0.5) is 0 Å². The third-order valence-electron chi connectivity index (χ3n) is 33.1. The quantitative estimate of drug-likeness (QED) is 0.126. The van der Waals surface area contributed by atoms with Crippen molar-refractivity contribution in [2.45, 2.75) is 16.2 Å². The number of fused-ring (bicyclic) bond motifs is 39. The molecule has 0 heteroatoms. The summed E-state index contributed by atoms with van der Waals surface area (Å²) in [6.07, 6.45) is 0. The molecule has 25 aromatic rings. The van der Waals surface area contributed by atoms with Crippen LogP contribution in [0.3, 0.4) is 0 Å². The topological polar surface area (TPSA) is 0 Å². The van der Waals surface area contributed by atoms with Crippen molar-refractivity contribution in [3.05, 3.63) is 576 Å². The lowest BCUT2D eigenvalue weighted by Crippen LogP contribution is -2.31. The second-order valence-corrected chi connectivity index (χ2v) is 39.3. The van der Waals surface area contributed by atoms with Gasteiger partial charge in [-0.15, -0.1) is 0 Å². The van der Waals surface area contributed by atoms with Crippen LogP contribution in [0.5, 0.6) is 0 Å². The smallest absolute Gasteiger partial charge is 0.0622 e. The molecule has 25 aromatic carbocycles. The van der Waals surface area contributed by atoms with Gasteiger partial charge in [-0.1, -0.05) is 491 Å². The Morgan fingerprint density at radius 3 is 0.461 bits per heavy atom. The van der Waals surface area contributed by atoms with Gasteiger partial charge in [-0.05, 0) is 316 Å². The number of hydrogen-bond donors (Lipinski definition) is 0. The average molecular weight is 1780 g/mol. The molecule has 0 unspecified atom stereocenters. The van der Waals surface area contributed by atoms with Gasteiger partial charge in [0.1, 0.15) is 0 Å². The third kappa shape index (κ3) is 10.3. The standard InChI is InChI=1S/C141H84/c1-4-40-85(41-5-1)91-46-10-13-55-100(91)130-109-64-22-16-58-103(109)127(104-59-17-23-65-110(104)130)88-76-79-115-124(82-88)139(118-70-34-28-49-94(118)95-50-29-35-71-119(95)139)136-133(115)137-135(117-81-78-90(84-126(117)140(137)120-72-36-30-51-96(120)97-52-31-37-73-121(97)140)129-107-62-20-26-68-113(107)132(114-69-27-21-63-108(114)129)102-57-15-12-48-93(102)87-44-8-3-9-45-87)138-134(136)116-80-77-89(83-125(116)141(138)122-74-38-32-53-98(122)99-54-33-39-75-123(99)141)128-105-60-18-24-66-111(105)131(112-67-25-19-61-106(112)128)101-56-14-11-47-92(101)86-42-6-2-7-43-86/h1-84H. The predicted molar refractivity (Wildman–Crippen MR) is 589 cm³/mol. The molecule has 6 aliphatic carbocycles. The molecular weight excluding hydrogens is 1690 g/mol. The van der Waals surface area contributed by atoms with E-state index < -0.39 is 16.2 Å². The van der Waals surface area contributed by atoms with Crippen molar-refractivity contribution in [1.29, 1.82) is 0 Å². The highest BCUT2D eigenvalue weighted by Crippen LogP contribution is 2.78. The van der Waals surface area contributed by atoms with Crippen LogP contribution in [-0.4, -0.2) is 0 Å². The molecule has 0 atom stereocenters. The molecule has 0 heterocycles. The minimum absolute atomic E-state index is 0.970. The van der Waals surface area contributed by atoms with Crippen LogP contribution in [0.2, 0.25) is 0 Å². The van der Waals surface area contributed by atoms with Crippen molar-refractivity contribution in [2.75, 3.05) is 0 Å². The average Bonchev–Trinajstić information content (AvgIpc) is 1.45. The Kier molecular flexibility index (Phi) is 16.4. The molecule has 0 N–H and O–H groups in total. The Bertz CT molecular complexity index is 8590. The van der Waals surface area contributed by atoms with Crippen molar-refractivity contribution in [3.63, 3.8) is 0 Å². The maximum Gasteiger partial charge on any atom is 0.0731 e. The summed E-state index contributed by atoms with van der Waals surface area (Å²) in [5.74, 6) is 0. The molecular formula is C141H84. The van der Waals surface area contributed by atoms with Gasteiger partial charge in [-0.2, -0.15) is 0 Å². The molecule has 141 heavy (non-hydrogen) atoms. The van der Waals surface area contributed by atoms with E-state index in [0.29, 0.717) is 0 Å². The summed E-state index contributed by atoms with van der Waals surface area (Å²) >= 11 is 0. The van der Waals surface area contributed by atoms with Crippen LogP contribution < -0.4 is 0 Å². The van der Waals surface area contributed by atoms with Crippen molar-refractivity contribution in [1.82, 2.24) is 0 Å². The van der Waals surface area contributed by atoms with Crippen molar-refractivity contribution in [3.8, 4) is 167 Å². The molecule has 0 bridgehead atoms. The predicted octanol–water partition coefficient (Wildman–Crippen LogP) is 36.6. The lowest BCUT2D eigenvalue weighted by molar-refractivity contribution is 0.764. The SMILES string of the molecule is c1ccc(-c2ccccc2-c2c3ccccc3c(-c3ccc4c(c3)C3(c5ccccc5-c5ccccc53)c3c-4c4c(c5c3-c3ccc(-c6c7ccccc7c(-c7ccccc7-c7ccccc7)c7ccccc67)cc3C53c5ccccc5-c5ccccc53)-c3ccc(-c5c6ccccc6c(-c6ccccc6-c6ccccc6)c6ccccc56)cc3C43c4ccccc4-c4ccccc43)c3ccccc23)cc1. The largest absolute Gasteiger partial charge is 0.0731 e. The van der Waals surface area contributed by atoms with Crippen molar-refractivity contribution in [2.24, 2.45) is 0 Å². The normalized spacial score (nSPS) is 13.7. The monoisotopic (exact) mass is 1780 g/mol. The Labute approximate surface area is 818 Å². The van der Waals surface area contributed by atoms with E-state index >= 15 is 0 Å². The zero-order valence-corrected chi connectivity index (χ0v) is 77.0. The summed E-state index contributed by atoms with van der Waals surface area (Å²) in [6, 6.07) is 198. The molecule has 0 saturated carbocycles. The minimum atomic E-state index is -0.970. The van der Waals surface area contributed by atoms with Crippen LogP contribution in [0.1, 0.15) is 66.8 Å². The zero-order valence-electron chi connectivity index (χ0n) is 77.0. The highest BCUT2D eigenvalue weighted by atomic mass is 14.7. The summed E-state index contributed by atoms with van der Waals surface area (Å²) in [7, 11) is 0. The first kappa shape index (κ1) is 78.3. The molecule has 6 aliphatic rings. The van der Waals surface area contributed by atoms with E-state index in [1.54, 1.807) is 0 Å². The van der Waals surface area contributed by atoms with Crippen LogP contribution in [-0.2, 0) is 16.2 Å². The fourth-order valence-corrected chi connectivity index (χ4v) is 28.1. The Morgan fingerprint density at radius 2 is 0.255 bits per heavy atom. The second kappa shape index (κ2) is 29.5. The van der Waals surface area contributed by atoms with E-state index in [2.05, 4.69) is 510 Å². The third-order valence-corrected chi connectivity index (χ3v) is 33.1. The van der Waals surface area contributed by atoms with Crippen molar-refractivity contribution < 1.29 is 0 Å². The minimum Gasteiger partial charge on any atom is -0.0622 e. The lowest BCUT2D eigenvalue weighted by atomic mass is 9.63. The summed E-state index contributed by atoms with van der Waals surface area (Å²) in [5, 5.41) is 14.5. The molecule has 0 aliphatic heterocycles. The summed E-state index contributed by atoms with van der Waals surface area (Å²) < 4.78 is 0. The molecule has 0 aromatic heterocycles. The lowest BCUT2D eigenvalue weighted by Gasteiger charge is -2.37. The fourth-order valence-electron chi connectivity index (χ4n) is 28.1. The fraction of sp³-hybridized carbons (Fsp3) is 0.0213. The van der Waals surface area contributed by atoms with Gasteiger partial charge < -0.3 is 0 Å². The van der Waals surface area contributed by atoms with Crippen LogP contribution >= 0.6 is 0 Å². The zero-order chi connectivity index (χ0) is 92.1. The van der Waals surface area contributed by atoms with Gasteiger partial charge in [0, 0.05) is 0 Å². The van der Waals surface area contributed by atoms with Gasteiger partial charge >= 0.3 is 0 Å². The van der Waals surface area contributed by atoms with Gasteiger partial charge in [-0.3, -0.25) is 0 Å². The first-order valence-corrected chi connectivity index (χ1v) is 49.6. The van der Waals surface area contributed by atoms with Gasteiger partial charge in [0.2, 0.25) is 0 Å². The van der Waals surface area contributed by atoms with Gasteiger partial charge in [0.05, 0.1) is 16.2 Å².